The predicted octanol–water partition coefficient (Wildman–Crippen LogP) is 2.61. The molecule has 2 aromatic rings. The molecule has 1 aromatic carbocycles. The molecule has 2 aliphatic rings. The van der Waals surface area contributed by atoms with Crippen LogP contribution in [0.25, 0.3) is 6.08 Å². The van der Waals surface area contributed by atoms with E-state index in [-0.39, 0.29) is 11.8 Å². The fourth-order valence-corrected chi connectivity index (χ4v) is 3.21. The van der Waals surface area contributed by atoms with Crippen molar-refractivity contribution in [3.05, 3.63) is 35.5 Å². The maximum atomic E-state index is 12.4. The van der Waals surface area contributed by atoms with Gasteiger partial charge in [0.1, 0.15) is 0 Å². The minimum absolute atomic E-state index is 0.0630. The summed E-state index contributed by atoms with van der Waals surface area (Å²) in [6.07, 6.45) is 5.55. The van der Waals surface area contributed by atoms with Gasteiger partial charge in [-0.1, -0.05) is 5.16 Å². The first-order valence-electron chi connectivity index (χ1n) is 9.23. The number of nitrogens with zero attached hydrogens (tertiary/aromatic N) is 3. The SMILES string of the molecule is COc1cc(/C=C/C(=O)N2CC(c3nc(C4CC4)no3)C2)cc(OC)c1OC. The van der Waals surface area contributed by atoms with Crippen LogP contribution in [0.2, 0.25) is 0 Å². The third-order valence-electron chi connectivity index (χ3n) is 5.05. The molecule has 2 fully saturated rings. The molecule has 1 aliphatic carbocycles. The smallest absolute Gasteiger partial charge is 0.246 e. The lowest BCUT2D eigenvalue weighted by atomic mass is 10.00. The van der Waals surface area contributed by atoms with Gasteiger partial charge in [-0.25, -0.2) is 0 Å². The molecule has 1 aliphatic heterocycles. The molecular formula is C20H23N3O5. The Kier molecular flexibility index (Phi) is 4.93. The highest BCUT2D eigenvalue weighted by molar-refractivity contribution is 5.92. The summed E-state index contributed by atoms with van der Waals surface area (Å²) in [7, 11) is 4.67. The van der Waals surface area contributed by atoms with E-state index in [1.165, 1.54) is 0 Å². The first-order chi connectivity index (χ1) is 13.6. The summed E-state index contributed by atoms with van der Waals surface area (Å²) in [6.45, 7) is 1.18. The van der Waals surface area contributed by atoms with Crippen molar-refractivity contribution in [2.75, 3.05) is 34.4 Å². The quantitative estimate of drug-likeness (QED) is 0.677. The lowest BCUT2D eigenvalue weighted by Gasteiger charge is -2.36. The second-order valence-electron chi connectivity index (χ2n) is 7.00. The van der Waals surface area contributed by atoms with E-state index in [4.69, 9.17) is 18.7 Å². The van der Waals surface area contributed by atoms with Crippen LogP contribution >= 0.6 is 0 Å². The van der Waals surface area contributed by atoms with Crippen molar-refractivity contribution in [1.29, 1.82) is 0 Å². The largest absolute Gasteiger partial charge is 0.493 e. The minimum Gasteiger partial charge on any atom is -0.493 e. The molecule has 0 unspecified atom stereocenters. The normalized spacial score (nSPS) is 16.9. The molecule has 2 heterocycles. The molecule has 148 valence electrons. The van der Waals surface area contributed by atoms with E-state index in [2.05, 4.69) is 10.1 Å². The summed E-state index contributed by atoms with van der Waals surface area (Å²) in [4.78, 5) is 18.6. The van der Waals surface area contributed by atoms with Crippen molar-refractivity contribution >= 4 is 12.0 Å². The number of hydrogen-bond donors (Lipinski definition) is 0. The van der Waals surface area contributed by atoms with E-state index in [0.29, 0.717) is 42.1 Å². The Morgan fingerprint density at radius 1 is 1.11 bits per heavy atom. The monoisotopic (exact) mass is 385 g/mol. The van der Waals surface area contributed by atoms with Gasteiger partial charge in [-0.2, -0.15) is 4.98 Å². The Hall–Kier alpha value is -3.03. The third kappa shape index (κ3) is 3.54. The molecule has 1 amide bonds. The van der Waals surface area contributed by atoms with Gasteiger partial charge in [0.05, 0.1) is 27.2 Å². The lowest BCUT2D eigenvalue weighted by Crippen LogP contribution is -2.47. The summed E-state index contributed by atoms with van der Waals surface area (Å²) in [6, 6.07) is 3.59. The number of ether oxygens (including phenoxy) is 3. The third-order valence-corrected chi connectivity index (χ3v) is 5.05. The number of amides is 1. The molecule has 0 bridgehead atoms. The van der Waals surface area contributed by atoms with E-state index >= 15 is 0 Å². The Bertz CT molecular complexity index is 872. The van der Waals surface area contributed by atoms with Crippen molar-refractivity contribution in [2.24, 2.45) is 0 Å². The average Bonchev–Trinajstić information content (AvgIpc) is 3.42. The van der Waals surface area contributed by atoms with E-state index in [1.54, 1.807) is 50.5 Å². The number of likely N-dealkylation sites (tertiary alicyclic amines) is 1. The van der Waals surface area contributed by atoms with Gasteiger partial charge in [0.15, 0.2) is 17.3 Å². The lowest BCUT2D eigenvalue weighted by molar-refractivity contribution is -0.130. The van der Waals surface area contributed by atoms with Crippen molar-refractivity contribution in [3.63, 3.8) is 0 Å². The van der Waals surface area contributed by atoms with Crippen molar-refractivity contribution in [1.82, 2.24) is 15.0 Å². The van der Waals surface area contributed by atoms with Crippen LogP contribution < -0.4 is 14.2 Å². The molecule has 0 N–H and O–H groups in total. The van der Waals surface area contributed by atoms with Crippen molar-refractivity contribution < 1.29 is 23.5 Å². The van der Waals surface area contributed by atoms with Crippen LogP contribution in [0.5, 0.6) is 17.2 Å². The highest BCUT2D eigenvalue weighted by atomic mass is 16.5. The Morgan fingerprint density at radius 2 is 1.79 bits per heavy atom. The Balaban J connectivity index is 1.38. The second kappa shape index (κ2) is 7.53. The van der Waals surface area contributed by atoms with Gasteiger partial charge in [0, 0.05) is 25.1 Å². The summed E-state index contributed by atoms with van der Waals surface area (Å²) in [5, 5.41) is 4.04. The summed E-state index contributed by atoms with van der Waals surface area (Å²) < 4.78 is 21.3. The van der Waals surface area contributed by atoms with Gasteiger partial charge in [0.2, 0.25) is 17.5 Å². The van der Waals surface area contributed by atoms with Crippen LogP contribution in [0.15, 0.2) is 22.7 Å². The van der Waals surface area contributed by atoms with Crippen LogP contribution in [0.1, 0.15) is 42.0 Å². The number of benzene rings is 1. The molecule has 8 heteroatoms. The van der Waals surface area contributed by atoms with Crippen LogP contribution in [0.4, 0.5) is 0 Å². The van der Waals surface area contributed by atoms with Crippen LogP contribution in [-0.4, -0.2) is 55.4 Å². The van der Waals surface area contributed by atoms with Crippen molar-refractivity contribution in [3.8, 4) is 17.2 Å². The molecule has 4 rings (SSSR count). The fraction of sp³-hybridized carbons (Fsp3) is 0.450. The number of methoxy groups -OCH3 is 3. The predicted molar refractivity (Wildman–Crippen MR) is 101 cm³/mol. The summed E-state index contributed by atoms with van der Waals surface area (Å²) >= 11 is 0. The summed E-state index contributed by atoms with van der Waals surface area (Å²) in [5.74, 6) is 3.58. The molecular weight excluding hydrogens is 362 g/mol. The van der Waals surface area contributed by atoms with Gasteiger partial charge in [-0.05, 0) is 36.6 Å². The highest BCUT2D eigenvalue weighted by Gasteiger charge is 2.36. The van der Waals surface area contributed by atoms with Crippen molar-refractivity contribution in [2.45, 2.75) is 24.7 Å². The average molecular weight is 385 g/mol. The first-order valence-corrected chi connectivity index (χ1v) is 9.23. The van der Waals surface area contributed by atoms with Gasteiger partial charge >= 0.3 is 0 Å². The standard InChI is InChI=1S/C20H23N3O5/c1-25-15-8-12(9-16(26-2)18(15)27-3)4-7-17(24)23-10-14(11-23)20-21-19(22-28-20)13-5-6-13/h4,7-9,13-14H,5-6,10-11H2,1-3H3/b7-4+. The minimum atomic E-state index is -0.0630. The van der Waals surface area contributed by atoms with E-state index in [9.17, 15) is 4.79 Å². The Labute approximate surface area is 163 Å². The molecule has 0 radical (unpaired) electrons. The zero-order chi connectivity index (χ0) is 19.7. The summed E-state index contributed by atoms with van der Waals surface area (Å²) in [5.41, 5.74) is 0.783. The van der Waals surface area contributed by atoms with E-state index in [1.807, 2.05) is 0 Å². The van der Waals surface area contributed by atoms with E-state index < -0.39 is 0 Å². The highest BCUT2D eigenvalue weighted by Crippen LogP contribution is 2.40. The second-order valence-corrected chi connectivity index (χ2v) is 7.00. The topological polar surface area (TPSA) is 86.9 Å². The molecule has 1 saturated carbocycles. The number of hydrogen-bond acceptors (Lipinski definition) is 7. The van der Waals surface area contributed by atoms with Crippen LogP contribution in [-0.2, 0) is 4.79 Å². The van der Waals surface area contributed by atoms with Crippen LogP contribution in [0.3, 0.4) is 0 Å². The maximum absolute atomic E-state index is 12.4. The zero-order valence-corrected chi connectivity index (χ0v) is 16.2. The van der Waals surface area contributed by atoms with Gasteiger partial charge < -0.3 is 23.6 Å². The molecule has 1 saturated heterocycles. The first kappa shape index (κ1) is 18.3. The number of carbonyl (C=O) groups excluding carboxylic acids is 1. The maximum Gasteiger partial charge on any atom is 0.246 e. The van der Waals surface area contributed by atoms with Gasteiger partial charge in [-0.15, -0.1) is 0 Å². The fourth-order valence-electron chi connectivity index (χ4n) is 3.21. The molecule has 8 nitrogen and oxygen atoms in total. The zero-order valence-electron chi connectivity index (χ0n) is 16.2. The molecule has 0 spiro atoms. The number of aromatic nitrogens is 2. The Morgan fingerprint density at radius 3 is 2.36 bits per heavy atom. The van der Waals surface area contributed by atoms with Gasteiger partial charge in [-0.3, -0.25) is 4.79 Å². The molecule has 1 aromatic heterocycles. The van der Waals surface area contributed by atoms with E-state index in [0.717, 1.165) is 24.2 Å². The van der Waals surface area contributed by atoms with Crippen LogP contribution in [0, 0.1) is 0 Å². The number of rotatable bonds is 7. The van der Waals surface area contributed by atoms with Gasteiger partial charge in [0.25, 0.3) is 0 Å². The molecule has 0 atom stereocenters. The molecule has 28 heavy (non-hydrogen) atoms. The number of carbonyl (C=O) groups is 1.